The van der Waals surface area contributed by atoms with E-state index in [9.17, 15) is 4.79 Å². The van der Waals surface area contributed by atoms with Gasteiger partial charge in [-0.2, -0.15) is 5.10 Å². The Balaban J connectivity index is 1.76. The van der Waals surface area contributed by atoms with E-state index in [2.05, 4.69) is 15.7 Å². The lowest BCUT2D eigenvalue weighted by molar-refractivity contribution is 0.102. The summed E-state index contributed by atoms with van der Waals surface area (Å²) in [5.41, 5.74) is 1.97. The van der Waals surface area contributed by atoms with Crippen LogP contribution in [-0.4, -0.2) is 42.9 Å². The third kappa shape index (κ3) is 3.71. The molecular formula is C17H22ClN5O. The Morgan fingerprint density at radius 3 is 2.96 bits per heavy atom. The predicted molar refractivity (Wildman–Crippen MR) is 97.1 cm³/mol. The third-order valence-electron chi connectivity index (χ3n) is 4.17. The zero-order valence-corrected chi connectivity index (χ0v) is 14.7. The number of halogens is 1. The maximum absolute atomic E-state index is 12.5. The fourth-order valence-corrected chi connectivity index (χ4v) is 3.08. The molecule has 0 bridgehead atoms. The van der Waals surface area contributed by atoms with Crippen molar-refractivity contribution >= 4 is 28.9 Å². The molecule has 1 aromatic carbocycles. The largest absolute Gasteiger partial charge is 0.376 e. The van der Waals surface area contributed by atoms with Crippen molar-refractivity contribution in [3.05, 3.63) is 41.2 Å². The number of nitrogens with zero attached hydrogens (tertiary/aromatic N) is 3. The van der Waals surface area contributed by atoms with E-state index in [1.54, 1.807) is 18.2 Å². The van der Waals surface area contributed by atoms with Crippen molar-refractivity contribution in [2.45, 2.75) is 18.9 Å². The fourth-order valence-electron chi connectivity index (χ4n) is 2.91. The Kier molecular flexibility index (Phi) is 5.06. The quantitative estimate of drug-likeness (QED) is 0.892. The van der Waals surface area contributed by atoms with Gasteiger partial charge in [0.25, 0.3) is 5.91 Å². The number of carbonyl (C=O) groups is 1. The van der Waals surface area contributed by atoms with Crippen LogP contribution in [0.1, 0.15) is 29.4 Å². The molecule has 1 fully saturated rings. The van der Waals surface area contributed by atoms with E-state index in [1.165, 1.54) is 0 Å². The molecular weight excluding hydrogens is 326 g/mol. The van der Waals surface area contributed by atoms with Crippen molar-refractivity contribution in [1.82, 2.24) is 15.1 Å². The number of benzene rings is 1. The Labute approximate surface area is 146 Å². The number of hydrogen-bond acceptors (Lipinski definition) is 4. The topological polar surface area (TPSA) is 62.2 Å². The second-order valence-electron chi connectivity index (χ2n) is 6.19. The molecule has 128 valence electrons. The number of aromatic nitrogens is 2. The minimum Gasteiger partial charge on any atom is -0.376 e. The molecule has 6 nitrogen and oxygen atoms in total. The highest BCUT2D eigenvalue weighted by atomic mass is 35.5. The van der Waals surface area contributed by atoms with Crippen LogP contribution in [0, 0.1) is 0 Å². The predicted octanol–water partition coefficient (Wildman–Crippen LogP) is 2.78. The lowest BCUT2D eigenvalue weighted by Crippen LogP contribution is -2.32. The Morgan fingerprint density at radius 1 is 1.42 bits per heavy atom. The molecule has 1 saturated heterocycles. The van der Waals surface area contributed by atoms with Crippen molar-refractivity contribution in [3.8, 4) is 0 Å². The first-order chi connectivity index (χ1) is 11.5. The van der Waals surface area contributed by atoms with Gasteiger partial charge in [-0.15, -0.1) is 0 Å². The van der Waals surface area contributed by atoms with E-state index >= 15 is 0 Å². The second-order valence-corrected chi connectivity index (χ2v) is 6.63. The normalized spacial score (nSPS) is 17.5. The van der Waals surface area contributed by atoms with Crippen LogP contribution in [0.5, 0.6) is 0 Å². The molecule has 1 aliphatic heterocycles. The van der Waals surface area contributed by atoms with E-state index < -0.39 is 0 Å². The maximum atomic E-state index is 12.5. The number of amides is 1. The molecule has 1 atom stereocenters. The highest BCUT2D eigenvalue weighted by Crippen LogP contribution is 2.28. The molecule has 1 unspecified atom stereocenters. The van der Waals surface area contributed by atoms with Crippen LogP contribution in [0.15, 0.2) is 30.5 Å². The van der Waals surface area contributed by atoms with Gasteiger partial charge in [0.2, 0.25) is 0 Å². The van der Waals surface area contributed by atoms with E-state index in [0.29, 0.717) is 22.4 Å². The van der Waals surface area contributed by atoms with Crippen molar-refractivity contribution in [3.63, 3.8) is 0 Å². The summed E-state index contributed by atoms with van der Waals surface area (Å²) in [5.74, 6) is -0.233. The average molecular weight is 348 g/mol. The zero-order valence-electron chi connectivity index (χ0n) is 13.9. The van der Waals surface area contributed by atoms with Gasteiger partial charge in [0.1, 0.15) is 0 Å². The number of nitrogens with one attached hydrogen (secondary N) is 2. The molecule has 1 aliphatic rings. The van der Waals surface area contributed by atoms with Gasteiger partial charge >= 0.3 is 0 Å². The summed E-state index contributed by atoms with van der Waals surface area (Å²) in [4.78, 5) is 14.5. The second kappa shape index (κ2) is 7.23. The van der Waals surface area contributed by atoms with Gasteiger partial charge in [-0.3, -0.25) is 9.48 Å². The molecule has 2 aromatic rings. The number of anilines is 2. The van der Waals surface area contributed by atoms with Crippen molar-refractivity contribution in [2.75, 3.05) is 37.4 Å². The van der Waals surface area contributed by atoms with Crippen molar-refractivity contribution in [1.29, 1.82) is 0 Å². The first kappa shape index (κ1) is 16.8. The molecule has 0 aliphatic carbocycles. The van der Waals surface area contributed by atoms with Gasteiger partial charge in [-0.1, -0.05) is 11.6 Å². The Hall–Kier alpha value is -2.05. The molecule has 1 aromatic heterocycles. The van der Waals surface area contributed by atoms with E-state index in [4.69, 9.17) is 11.6 Å². The number of hydrogen-bond donors (Lipinski definition) is 2. The minimum absolute atomic E-state index is 0.233. The van der Waals surface area contributed by atoms with Crippen LogP contribution in [0.4, 0.5) is 11.4 Å². The summed E-state index contributed by atoms with van der Waals surface area (Å²) < 4.78 is 1.88. The number of piperidine rings is 1. The van der Waals surface area contributed by atoms with Crippen LogP contribution in [0.2, 0.25) is 5.02 Å². The van der Waals surface area contributed by atoms with Gasteiger partial charge in [-0.05, 0) is 43.7 Å². The molecule has 2 N–H and O–H groups in total. The average Bonchev–Trinajstić information content (AvgIpc) is 3.05. The number of rotatable bonds is 4. The van der Waals surface area contributed by atoms with E-state index in [-0.39, 0.29) is 5.91 Å². The lowest BCUT2D eigenvalue weighted by Gasteiger charge is -2.22. The minimum atomic E-state index is -0.233. The smallest absolute Gasteiger partial charge is 0.276 e. The summed E-state index contributed by atoms with van der Waals surface area (Å²) >= 11 is 6.06. The van der Waals surface area contributed by atoms with Gasteiger partial charge in [0.05, 0.1) is 17.4 Å². The Bertz CT molecular complexity index is 722. The van der Waals surface area contributed by atoms with E-state index in [1.807, 2.05) is 35.9 Å². The summed E-state index contributed by atoms with van der Waals surface area (Å²) in [7, 11) is 3.84. The van der Waals surface area contributed by atoms with Crippen LogP contribution in [0.3, 0.4) is 0 Å². The summed E-state index contributed by atoms with van der Waals surface area (Å²) in [6, 6.07) is 7.49. The summed E-state index contributed by atoms with van der Waals surface area (Å²) in [5, 5.41) is 11.3. The maximum Gasteiger partial charge on any atom is 0.276 e. The third-order valence-corrected chi connectivity index (χ3v) is 4.41. The van der Waals surface area contributed by atoms with Gasteiger partial charge in [-0.25, -0.2) is 0 Å². The van der Waals surface area contributed by atoms with Gasteiger partial charge in [0, 0.05) is 31.9 Å². The summed E-state index contributed by atoms with van der Waals surface area (Å²) in [6.07, 6.45) is 4.08. The highest BCUT2D eigenvalue weighted by molar-refractivity contribution is 6.31. The van der Waals surface area contributed by atoms with E-state index in [0.717, 1.165) is 31.6 Å². The molecule has 0 spiro atoms. The SMILES string of the molecule is CN(C)c1ccc(Cl)cc1NC(=O)c1ccn(C2CCCNC2)n1. The highest BCUT2D eigenvalue weighted by Gasteiger charge is 2.18. The zero-order chi connectivity index (χ0) is 17.1. The molecule has 1 amide bonds. The molecule has 2 heterocycles. The fraction of sp³-hybridized carbons (Fsp3) is 0.412. The van der Waals surface area contributed by atoms with Crippen LogP contribution in [0.25, 0.3) is 0 Å². The Morgan fingerprint density at radius 2 is 2.25 bits per heavy atom. The monoisotopic (exact) mass is 347 g/mol. The molecule has 3 rings (SSSR count). The molecule has 0 saturated carbocycles. The first-order valence-corrected chi connectivity index (χ1v) is 8.46. The van der Waals surface area contributed by atoms with Gasteiger partial charge < -0.3 is 15.5 Å². The molecule has 24 heavy (non-hydrogen) atoms. The van der Waals surface area contributed by atoms with Crippen LogP contribution < -0.4 is 15.5 Å². The molecule has 0 radical (unpaired) electrons. The summed E-state index contributed by atoms with van der Waals surface area (Å²) in [6.45, 7) is 1.94. The van der Waals surface area contributed by atoms with Crippen LogP contribution in [-0.2, 0) is 0 Å². The van der Waals surface area contributed by atoms with Crippen LogP contribution >= 0.6 is 11.6 Å². The van der Waals surface area contributed by atoms with Crippen molar-refractivity contribution in [2.24, 2.45) is 0 Å². The standard InChI is InChI=1S/C17H22ClN5O/c1-22(2)16-6-5-12(18)10-15(16)20-17(24)14-7-9-23(21-14)13-4-3-8-19-11-13/h5-7,9-10,13,19H,3-4,8,11H2,1-2H3,(H,20,24). The van der Waals surface area contributed by atoms with Crippen molar-refractivity contribution < 1.29 is 4.79 Å². The lowest BCUT2D eigenvalue weighted by atomic mass is 10.1. The van der Waals surface area contributed by atoms with Gasteiger partial charge in [0.15, 0.2) is 5.69 Å². The number of carbonyl (C=O) groups excluding carboxylic acids is 1. The first-order valence-electron chi connectivity index (χ1n) is 8.08. The molecule has 7 heteroatoms.